The average Bonchev–Trinajstić information content (AvgIpc) is 2.44. The van der Waals surface area contributed by atoms with Crippen LogP contribution in [-0.4, -0.2) is 4.98 Å². The van der Waals surface area contributed by atoms with Crippen LogP contribution in [0.4, 0.5) is 13.2 Å². The van der Waals surface area contributed by atoms with Crippen LogP contribution in [0.3, 0.4) is 0 Å². The molecule has 15 heavy (non-hydrogen) atoms. The molecular weight excluding hydrogens is 254 g/mol. The number of oxazole rings is 1. The third-order valence-corrected chi connectivity index (χ3v) is 2.19. The average molecular weight is 256 g/mol. The van der Waals surface area contributed by atoms with Crippen LogP contribution in [0.5, 0.6) is 0 Å². The second kappa shape index (κ2) is 3.28. The zero-order valence-corrected chi connectivity index (χ0v) is 8.41. The van der Waals surface area contributed by atoms with Crippen molar-refractivity contribution in [3.63, 3.8) is 0 Å². The van der Waals surface area contributed by atoms with Crippen LogP contribution in [0, 0.1) is 0 Å². The highest BCUT2D eigenvalue weighted by Crippen LogP contribution is 2.35. The highest BCUT2D eigenvalue weighted by molar-refractivity contribution is 6.35. The topological polar surface area (TPSA) is 26.0 Å². The van der Waals surface area contributed by atoms with Gasteiger partial charge >= 0.3 is 6.18 Å². The van der Waals surface area contributed by atoms with Crippen molar-refractivity contribution < 1.29 is 17.6 Å². The first-order valence-corrected chi connectivity index (χ1v) is 4.46. The molecule has 0 aliphatic rings. The molecule has 0 unspecified atom stereocenters. The number of nitrogens with zero attached hydrogens (tertiary/aromatic N) is 1. The van der Waals surface area contributed by atoms with E-state index >= 15 is 0 Å². The summed E-state index contributed by atoms with van der Waals surface area (Å²) in [5, 5.41) is -0.412. The minimum absolute atomic E-state index is 0.0141. The van der Waals surface area contributed by atoms with Crippen LogP contribution in [0.15, 0.2) is 16.5 Å². The zero-order chi connectivity index (χ0) is 11.2. The Morgan fingerprint density at radius 3 is 2.47 bits per heavy atom. The highest BCUT2D eigenvalue weighted by atomic mass is 35.5. The Morgan fingerprint density at radius 1 is 1.20 bits per heavy atom. The van der Waals surface area contributed by atoms with Gasteiger partial charge in [-0.05, 0) is 23.7 Å². The minimum Gasteiger partial charge on any atom is -0.426 e. The van der Waals surface area contributed by atoms with Crippen molar-refractivity contribution >= 4 is 34.3 Å². The first-order valence-electron chi connectivity index (χ1n) is 3.71. The largest absolute Gasteiger partial charge is 0.426 e. The van der Waals surface area contributed by atoms with E-state index in [-0.39, 0.29) is 21.5 Å². The van der Waals surface area contributed by atoms with Crippen molar-refractivity contribution in [1.82, 2.24) is 4.98 Å². The van der Waals surface area contributed by atoms with E-state index in [9.17, 15) is 13.2 Å². The van der Waals surface area contributed by atoms with Gasteiger partial charge in [-0.1, -0.05) is 11.6 Å². The summed E-state index contributed by atoms with van der Waals surface area (Å²) in [4.78, 5) is 3.56. The molecule has 0 spiro atoms. The lowest BCUT2D eigenvalue weighted by atomic mass is 10.2. The van der Waals surface area contributed by atoms with E-state index < -0.39 is 11.7 Å². The maximum Gasteiger partial charge on any atom is 0.416 e. The molecule has 0 amide bonds. The number of hydrogen-bond donors (Lipinski definition) is 0. The predicted molar refractivity (Wildman–Crippen MR) is 49.0 cm³/mol. The Bertz CT molecular complexity index is 520. The number of halogens is 5. The van der Waals surface area contributed by atoms with Gasteiger partial charge in [0.15, 0.2) is 5.58 Å². The van der Waals surface area contributed by atoms with Crippen LogP contribution in [0.25, 0.3) is 11.1 Å². The molecule has 2 aromatic rings. The standard InChI is InChI=1S/C8H2Cl2F3NO/c9-4-1-3(8(11,12)13)2-5-6(4)15-7(10)14-5/h1-2H. The molecule has 7 heteroatoms. The first kappa shape index (κ1) is 10.6. The molecule has 0 bridgehead atoms. The van der Waals surface area contributed by atoms with Crippen molar-refractivity contribution in [3.05, 3.63) is 28.1 Å². The van der Waals surface area contributed by atoms with Gasteiger partial charge in [-0.2, -0.15) is 18.2 Å². The molecule has 2 rings (SSSR count). The first-order chi connectivity index (χ1) is 6.88. The zero-order valence-electron chi connectivity index (χ0n) is 6.90. The molecule has 1 aromatic carbocycles. The highest BCUT2D eigenvalue weighted by Gasteiger charge is 2.32. The fourth-order valence-corrected chi connectivity index (χ4v) is 1.55. The number of alkyl halides is 3. The molecule has 80 valence electrons. The smallest absolute Gasteiger partial charge is 0.416 e. The second-order valence-electron chi connectivity index (χ2n) is 2.77. The maximum atomic E-state index is 12.4. The summed E-state index contributed by atoms with van der Waals surface area (Å²) in [7, 11) is 0. The Morgan fingerprint density at radius 2 is 1.87 bits per heavy atom. The van der Waals surface area contributed by atoms with Crippen LogP contribution < -0.4 is 0 Å². The number of aromatic nitrogens is 1. The van der Waals surface area contributed by atoms with Gasteiger partial charge in [0.05, 0.1) is 10.6 Å². The molecule has 1 aromatic heterocycles. The van der Waals surface area contributed by atoms with Crippen LogP contribution in [0.2, 0.25) is 10.4 Å². The summed E-state index contributed by atoms with van der Waals surface area (Å²) < 4.78 is 41.9. The molecule has 2 nitrogen and oxygen atoms in total. The molecule has 1 heterocycles. The van der Waals surface area contributed by atoms with Gasteiger partial charge in [-0.3, -0.25) is 0 Å². The fraction of sp³-hybridized carbons (Fsp3) is 0.125. The van der Waals surface area contributed by atoms with Crippen LogP contribution >= 0.6 is 23.2 Å². The van der Waals surface area contributed by atoms with E-state index in [0.29, 0.717) is 0 Å². The van der Waals surface area contributed by atoms with E-state index in [1.54, 1.807) is 0 Å². The van der Waals surface area contributed by atoms with E-state index in [4.69, 9.17) is 27.6 Å². The lowest BCUT2D eigenvalue weighted by Gasteiger charge is -2.05. The van der Waals surface area contributed by atoms with E-state index in [1.807, 2.05) is 0 Å². The molecule has 0 aliphatic carbocycles. The van der Waals surface area contributed by atoms with Gasteiger partial charge in [-0.15, -0.1) is 0 Å². The summed E-state index contributed by atoms with van der Waals surface area (Å²) >= 11 is 11.0. The molecule has 0 aliphatic heterocycles. The monoisotopic (exact) mass is 255 g/mol. The lowest BCUT2D eigenvalue weighted by molar-refractivity contribution is -0.137. The Balaban J connectivity index is 2.72. The summed E-state index contributed by atoms with van der Waals surface area (Å²) in [5.74, 6) is 0. The third kappa shape index (κ3) is 1.89. The Labute approximate surface area is 91.6 Å². The summed E-state index contributed by atoms with van der Waals surface area (Å²) in [6, 6.07) is 1.60. The number of benzene rings is 1. The van der Waals surface area contributed by atoms with E-state index in [2.05, 4.69) is 4.98 Å². The number of rotatable bonds is 0. The lowest BCUT2D eigenvalue weighted by Crippen LogP contribution is -2.04. The summed E-state index contributed by atoms with van der Waals surface area (Å²) in [6.07, 6.45) is -4.47. The van der Waals surface area contributed by atoms with Gasteiger partial charge in [0.25, 0.3) is 5.35 Å². The molecular formula is C8H2Cl2F3NO. The van der Waals surface area contributed by atoms with Crippen LogP contribution in [0.1, 0.15) is 5.56 Å². The maximum absolute atomic E-state index is 12.4. The fourth-order valence-electron chi connectivity index (χ4n) is 1.13. The SMILES string of the molecule is FC(F)(F)c1cc(Cl)c2oc(Cl)nc2c1. The van der Waals surface area contributed by atoms with Gasteiger partial charge in [0.2, 0.25) is 0 Å². The van der Waals surface area contributed by atoms with E-state index in [0.717, 1.165) is 12.1 Å². The number of fused-ring (bicyclic) bond motifs is 1. The van der Waals surface area contributed by atoms with Crippen LogP contribution in [-0.2, 0) is 6.18 Å². The third-order valence-electron chi connectivity index (χ3n) is 1.75. The quantitative estimate of drug-likeness (QED) is 0.707. The summed E-state index contributed by atoms with van der Waals surface area (Å²) in [5.41, 5.74) is -0.848. The molecule has 0 saturated carbocycles. The van der Waals surface area contributed by atoms with Gasteiger partial charge in [0.1, 0.15) is 5.52 Å². The van der Waals surface area contributed by atoms with Crippen molar-refractivity contribution in [3.8, 4) is 0 Å². The van der Waals surface area contributed by atoms with Crippen molar-refractivity contribution in [2.75, 3.05) is 0 Å². The van der Waals surface area contributed by atoms with Crippen molar-refractivity contribution in [2.45, 2.75) is 6.18 Å². The van der Waals surface area contributed by atoms with E-state index in [1.165, 1.54) is 0 Å². The minimum atomic E-state index is -4.47. The molecule has 0 atom stereocenters. The van der Waals surface area contributed by atoms with Crippen molar-refractivity contribution in [2.24, 2.45) is 0 Å². The van der Waals surface area contributed by atoms with Crippen molar-refractivity contribution in [1.29, 1.82) is 0 Å². The van der Waals surface area contributed by atoms with Gasteiger partial charge in [0, 0.05) is 0 Å². The Kier molecular flexibility index (Phi) is 2.31. The molecule has 0 fully saturated rings. The van der Waals surface area contributed by atoms with Gasteiger partial charge in [-0.25, -0.2) is 0 Å². The van der Waals surface area contributed by atoms with Gasteiger partial charge < -0.3 is 4.42 Å². The Hall–Kier alpha value is -0.940. The number of hydrogen-bond acceptors (Lipinski definition) is 2. The normalized spacial score (nSPS) is 12.3. The molecule has 0 saturated heterocycles. The molecule has 0 radical (unpaired) electrons. The molecule has 0 N–H and O–H groups in total. The predicted octanol–water partition coefficient (Wildman–Crippen LogP) is 4.15. The second-order valence-corrected chi connectivity index (χ2v) is 3.50. The summed E-state index contributed by atoms with van der Waals surface area (Å²) in [6.45, 7) is 0.